The molecule has 0 aliphatic heterocycles. The van der Waals surface area contributed by atoms with E-state index in [-0.39, 0.29) is 0 Å². The molecule has 0 fully saturated rings. The molecule has 0 spiro atoms. The van der Waals surface area contributed by atoms with Crippen LogP contribution in [0.5, 0.6) is 0 Å². The second kappa shape index (κ2) is 6.41. The van der Waals surface area contributed by atoms with E-state index in [4.69, 9.17) is 4.74 Å². The molecule has 66 valence electrons. The summed E-state index contributed by atoms with van der Waals surface area (Å²) >= 11 is 0. The van der Waals surface area contributed by atoms with Gasteiger partial charge in [-0.05, 0) is 18.3 Å². The Labute approximate surface area is 70.4 Å². The summed E-state index contributed by atoms with van der Waals surface area (Å²) in [5.74, 6) is 1.25. The van der Waals surface area contributed by atoms with Gasteiger partial charge in [0.05, 0.1) is 6.61 Å². The van der Waals surface area contributed by atoms with Crippen LogP contribution in [0.3, 0.4) is 0 Å². The maximum atomic E-state index is 5.08. The maximum absolute atomic E-state index is 5.08. The molecule has 0 N–H and O–H groups in total. The van der Waals surface area contributed by atoms with Gasteiger partial charge >= 0.3 is 0 Å². The Morgan fingerprint density at radius 2 is 1.91 bits per heavy atom. The van der Waals surface area contributed by atoms with Crippen LogP contribution < -0.4 is 0 Å². The van der Waals surface area contributed by atoms with Crippen molar-refractivity contribution in [3.63, 3.8) is 0 Å². The summed E-state index contributed by atoms with van der Waals surface area (Å²) in [6, 6.07) is 0. The normalized spacial score (nSPS) is 14.6. The number of hydrogen-bond donors (Lipinski definition) is 0. The second-order valence-electron chi connectivity index (χ2n) is 3.25. The fraction of sp³-hybridized carbons (Fsp3) is 0.800. The molecule has 1 heteroatoms. The summed E-state index contributed by atoms with van der Waals surface area (Å²) in [7, 11) is 1.76. The lowest BCUT2D eigenvalue weighted by Crippen LogP contribution is -2.03. The Bertz CT molecular complexity index is 105. The first-order chi connectivity index (χ1) is 5.20. The molecule has 0 amide bonds. The van der Waals surface area contributed by atoms with Crippen molar-refractivity contribution in [3.8, 4) is 0 Å². The van der Waals surface area contributed by atoms with Crippen molar-refractivity contribution in [1.29, 1.82) is 0 Å². The molecule has 1 atom stereocenters. The van der Waals surface area contributed by atoms with Crippen LogP contribution in [0.4, 0.5) is 0 Å². The largest absolute Gasteiger partial charge is 0.384 e. The van der Waals surface area contributed by atoms with Gasteiger partial charge in [-0.1, -0.05) is 32.9 Å². The van der Waals surface area contributed by atoms with Crippen molar-refractivity contribution in [1.82, 2.24) is 0 Å². The lowest BCUT2D eigenvalue weighted by molar-refractivity contribution is 0.168. The Kier molecular flexibility index (Phi) is 6.24. The number of methoxy groups -OCH3 is 1. The van der Waals surface area contributed by atoms with E-state index < -0.39 is 0 Å². The van der Waals surface area contributed by atoms with Crippen LogP contribution in [0.25, 0.3) is 0 Å². The minimum Gasteiger partial charge on any atom is -0.384 e. The summed E-state index contributed by atoms with van der Waals surface area (Å²) in [4.78, 5) is 0. The van der Waals surface area contributed by atoms with E-state index in [1.807, 2.05) is 0 Å². The second-order valence-corrected chi connectivity index (χ2v) is 3.25. The monoisotopic (exact) mass is 156 g/mol. The van der Waals surface area contributed by atoms with E-state index in [0.717, 1.165) is 13.0 Å². The summed E-state index contributed by atoms with van der Waals surface area (Å²) in [5.41, 5.74) is 0. The molecule has 0 aromatic rings. The van der Waals surface area contributed by atoms with Crippen molar-refractivity contribution in [2.75, 3.05) is 13.7 Å². The Hall–Kier alpha value is -0.300. The summed E-state index contributed by atoms with van der Waals surface area (Å²) in [6.07, 6.45) is 5.67. The van der Waals surface area contributed by atoms with E-state index >= 15 is 0 Å². The third kappa shape index (κ3) is 6.11. The van der Waals surface area contributed by atoms with Gasteiger partial charge in [0.1, 0.15) is 0 Å². The average Bonchev–Trinajstić information content (AvgIpc) is 1.97. The minimum atomic E-state index is 0.599. The molecular weight excluding hydrogens is 136 g/mol. The van der Waals surface area contributed by atoms with Crippen molar-refractivity contribution in [3.05, 3.63) is 12.2 Å². The van der Waals surface area contributed by atoms with Gasteiger partial charge in [-0.15, -0.1) is 0 Å². The molecule has 0 radical (unpaired) electrons. The van der Waals surface area contributed by atoms with Gasteiger partial charge in [0, 0.05) is 7.11 Å². The third-order valence-corrected chi connectivity index (χ3v) is 1.67. The quantitative estimate of drug-likeness (QED) is 0.556. The summed E-state index contributed by atoms with van der Waals surface area (Å²) in [5, 5.41) is 0. The zero-order valence-electron chi connectivity index (χ0n) is 8.13. The fourth-order valence-corrected chi connectivity index (χ4v) is 0.903. The smallest absolute Gasteiger partial charge is 0.0524 e. The molecule has 11 heavy (non-hydrogen) atoms. The molecule has 0 aromatic heterocycles. The number of hydrogen-bond acceptors (Lipinski definition) is 1. The van der Waals surface area contributed by atoms with Gasteiger partial charge in [0.25, 0.3) is 0 Å². The molecular formula is C10H20O. The van der Waals surface area contributed by atoms with Crippen LogP contribution in [0.1, 0.15) is 27.2 Å². The lowest BCUT2D eigenvalue weighted by Gasteiger charge is -2.08. The van der Waals surface area contributed by atoms with Crippen LogP contribution in [-0.2, 0) is 4.74 Å². The molecule has 0 rings (SSSR count). The van der Waals surface area contributed by atoms with Crippen LogP contribution in [0, 0.1) is 11.8 Å². The summed E-state index contributed by atoms with van der Waals surface area (Å²) in [6.45, 7) is 7.42. The molecule has 1 nitrogen and oxygen atoms in total. The molecule has 0 aromatic carbocycles. The van der Waals surface area contributed by atoms with Crippen LogP contribution in [-0.4, -0.2) is 13.7 Å². The topological polar surface area (TPSA) is 9.23 Å². The number of ether oxygens (including phenoxy) is 1. The van der Waals surface area contributed by atoms with E-state index in [9.17, 15) is 0 Å². The van der Waals surface area contributed by atoms with Gasteiger partial charge in [-0.2, -0.15) is 0 Å². The zero-order valence-corrected chi connectivity index (χ0v) is 8.13. The fourth-order valence-electron chi connectivity index (χ4n) is 0.903. The molecule has 1 unspecified atom stereocenters. The van der Waals surface area contributed by atoms with E-state index in [1.165, 1.54) is 0 Å². The standard InChI is InChI=1S/C10H20O/c1-5-10(8-11-4)7-6-9(2)3/h6-7,9-10H,5,8H2,1-4H3/b7-6-. The Balaban J connectivity index is 3.66. The maximum Gasteiger partial charge on any atom is 0.0524 e. The molecule has 0 saturated carbocycles. The predicted octanol–water partition coefficient (Wildman–Crippen LogP) is 2.87. The molecule has 0 aliphatic rings. The van der Waals surface area contributed by atoms with Gasteiger partial charge in [0.2, 0.25) is 0 Å². The highest BCUT2D eigenvalue weighted by atomic mass is 16.5. The Morgan fingerprint density at radius 1 is 1.27 bits per heavy atom. The van der Waals surface area contributed by atoms with E-state index in [2.05, 4.69) is 32.9 Å². The number of rotatable bonds is 5. The first-order valence-corrected chi connectivity index (χ1v) is 4.38. The SMILES string of the molecule is CCC(/C=C\C(C)C)COC. The highest BCUT2D eigenvalue weighted by Crippen LogP contribution is 2.06. The van der Waals surface area contributed by atoms with Crippen molar-refractivity contribution in [2.24, 2.45) is 11.8 Å². The predicted molar refractivity (Wildman–Crippen MR) is 49.6 cm³/mol. The van der Waals surface area contributed by atoms with Crippen LogP contribution in [0.15, 0.2) is 12.2 Å². The lowest BCUT2D eigenvalue weighted by atomic mass is 10.1. The average molecular weight is 156 g/mol. The van der Waals surface area contributed by atoms with Crippen LogP contribution >= 0.6 is 0 Å². The van der Waals surface area contributed by atoms with Crippen molar-refractivity contribution < 1.29 is 4.74 Å². The van der Waals surface area contributed by atoms with Gasteiger partial charge in [0.15, 0.2) is 0 Å². The van der Waals surface area contributed by atoms with Crippen molar-refractivity contribution >= 4 is 0 Å². The molecule has 0 aliphatic carbocycles. The summed E-state index contributed by atoms with van der Waals surface area (Å²) < 4.78 is 5.08. The molecule has 0 heterocycles. The minimum absolute atomic E-state index is 0.599. The van der Waals surface area contributed by atoms with Gasteiger partial charge < -0.3 is 4.74 Å². The van der Waals surface area contributed by atoms with E-state index in [0.29, 0.717) is 11.8 Å². The zero-order chi connectivity index (χ0) is 8.69. The van der Waals surface area contributed by atoms with Crippen LogP contribution in [0.2, 0.25) is 0 Å². The highest BCUT2D eigenvalue weighted by molar-refractivity contribution is 4.89. The van der Waals surface area contributed by atoms with E-state index in [1.54, 1.807) is 7.11 Å². The highest BCUT2D eigenvalue weighted by Gasteiger charge is 1.99. The molecule has 0 saturated heterocycles. The van der Waals surface area contributed by atoms with Gasteiger partial charge in [-0.25, -0.2) is 0 Å². The van der Waals surface area contributed by atoms with Gasteiger partial charge in [-0.3, -0.25) is 0 Å². The first kappa shape index (κ1) is 10.7. The van der Waals surface area contributed by atoms with Crippen molar-refractivity contribution in [2.45, 2.75) is 27.2 Å². The first-order valence-electron chi connectivity index (χ1n) is 4.38. The Morgan fingerprint density at radius 3 is 2.27 bits per heavy atom. The third-order valence-electron chi connectivity index (χ3n) is 1.67. The number of allylic oxidation sites excluding steroid dienone is 1. The molecule has 0 bridgehead atoms.